The maximum Gasteiger partial charge on any atom is 0.0589 e. The van der Waals surface area contributed by atoms with Crippen LogP contribution >= 0.6 is 15.8 Å². The molecule has 0 unspecified atom stereocenters. The average molecular weight is 428 g/mol. The lowest BCUT2D eigenvalue weighted by Gasteiger charge is -2.27. The lowest BCUT2D eigenvalue weighted by Crippen LogP contribution is -2.33. The Balaban J connectivity index is 4.49. The molecule has 0 spiro atoms. The van der Waals surface area contributed by atoms with E-state index >= 15 is 0 Å². The maximum atomic E-state index is 5.33. The molecule has 0 aliphatic carbocycles. The summed E-state index contributed by atoms with van der Waals surface area (Å²) in [6, 6.07) is 0. The van der Waals surface area contributed by atoms with E-state index in [1.165, 1.54) is 37.0 Å². The predicted molar refractivity (Wildman–Crippen MR) is 119 cm³/mol. The zero-order valence-corrected chi connectivity index (χ0v) is 20.1. The van der Waals surface area contributed by atoms with Gasteiger partial charge in [0.25, 0.3) is 0 Å². The molecule has 0 rings (SSSR count). The summed E-state index contributed by atoms with van der Waals surface area (Å²) in [5.74, 6) is 0. The van der Waals surface area contributed by atoms with Crippen LogP contribution in [0.3, 0.4) is 0 Å². The van der Waals surface area contributed by atoms with Gasteiger partial charge in [-0.15, -0.1) is 15.8 Å². The van der Waals surface area contributed by atoms with E-state index in [1.807, 2.05) is 0 Å². The minimum absolute atomic E-state index is 0.0319. The Morgan fingerprint density at radius 1 is 0.444 bits per heavy atom. The fourth-order valence-electron chi connectivity index (χ4n) is 2.67. The number of hydrogen-bond acceptors (Lipinski definition) is 6. The maximum absolute atomic E-state index is 5.33. The first-order valence-corrected chi connectivity index (χ1v) is 13.6. The van der Waals surface area contributed by atoms with Crippen molar-refractivity contribution < 1.29 is 23.7 Å². The Bertz CT molecular complexity index is 263. The van der Waals surface area contributed by atoms with Crippen molar-refractivity contribution in [2.24, 2.45) is 0 Å². The van der Waals surface area contributed by atoms with Crippen molar-refractivity contribution in [2.75, 3.05) is 125 Å². The van der Waals surface area contributed by atoms with Gasteiger partial charge in [-0.2, -0.15) is 0 Å². The summed E-state index contributed by atoms with van der Waals surface area (Å²) in [6.45, 7) is 7.49. The van der Waals surface area contributed by atoms with Gasteiger partial charge in [-0.1, -0.05) is 0 Å². The normalized spacial score (nSPS) is 12.0. The van der Waals surface area contributed by atoms with Crippen LogP contribution in [-0.2, 0) is 23.7 Å². The van der Waals surface area contributed by atoms with Crippen LogP contribution in [0.2, 0.25) is 0 Å². The topological polar surface area (TPSA) is 49.4 Å². The first-order chi connectivity index (χ1) is 13.2. The van der Waals surface area contributed by atoms with Gasteiger partial charge < -0.3 is 28.6 Å². The molecule has 8 heteroatoms. The highest BCUT2D eigenvalue weighted by Gasteiger charge is 2.14. The molecule has 164 valence electrons. The summed E-state index contributed by atoms with van der Waals surface area (Å²) < 4.78 is 26.5. The van der Waals surface area contributed by atoms with Crippen LogP contribution in [-0.4, -0.2) is 130 Å². The Hall–Kier alpha value is 0.620. The minimum Gasteiger partial charge on any atom is -0.384 e. The van der Waals surface area contributed by atoms with E-state index in [2.05, 4.69) is 4.90 Å². The molecule has 0 atom stereocenters. The van der Waals surface area contributed by atoms with Crippen LogP contribution in [0.1, 0.15) is 0 Å². The lowest BCUT2D eigenvalue weighted by atomic mass is 10.5. The van der Waals surface area contributed by atoms with E-state index in [0.29, 0.717) is 0 Å². The number of hydrogen-bond donors (Lipinski definition) is 0. The Kier molecular flexibility index (Phi) is 21.8. The number of rotatable bonds is 21. The van der Waals surface area contributed by atoms with E-state index in [0.717, 1.165) is 52.7 Å². The number of methoxy groups -OCH3 is 5. The molecule has 0 aliphatic heterocycles. The SMILES string of the molecule is COCCN(CCP(CCOC)CCOC)CCP(CCOC)CCOC. The fraction of sp³-hybridized carbons (Fsp3) is 1.00. The van der Waals surface area contributed by atoms with Crippen molar-refractivity contribution in [3.05, 3.63) is 0 Å². The zero-order chi connectivity index (χ0) is 20.2. The molecule has 0 amide bonds. The molecular formula is C19H43NO5P2. The molecule has 0 fully saturated rings. The third kappa shape index (κ3) is 17.2. The van der Waals surface area contributed by atoms with E-state index in [1.54, 1.807) is 35.5 Å². The van der Waals surface area contributed by atoms with Crippen LogP contribution in [0.5, 0.6) is 0 Å². The summed E-state index contributed by atoms with van der Waals surface area (Å²) in [7, 11) is 8.88. The van der Waals surface area contributed by atoms with Crippen LogP contribution in [0.4, 0.5) is 0 Å². The van der Waals surface area contributed by atoms with Gasteiger partial charge in [-0.3, -0.25) is 0 Å². The molecule has 0 saturated heterocycles. The lowest BCUT2D eigenvalue weighted by molar-refractivity contribution is 0.154. The molecule has 0 aromatic rings. The van der Waals surface area contributed by atoms with Crippen LogP contribution in [0.15, 0.2) is 0 Å². The summed E-state index contributed by atoms with van der Waals surface area (Å²) in [5, 5.41) is 0. The predicted octanol–water partition coefficient (Wildman–Crippen LogP) is 2.48. The van der Waals surface area contributed by atoms with Gasteiger partial charge in [0.1, 0.15) is 0 Å². The zero-order valence-electron chi connectivity index (χ0n) is 18.3. The largest absolute Gasteiger partial charge is 0.384 e. The molecular weight excluding hydrogens is 384 g/mol. The van der Waals surface area contributed by atoms with Crippen molar-refractivity contribution in [1.29, 1.82) is 0 Å². The molecule has 6 nitrogen and oxygen atoms in total. The molecule has 0 saturated carbocycles. The summed E-state index contributed by atoms with van der Waals surface area (Å²) in [6.07, 6.45) is 7.17. The van der Waals surface area contributed by atoms with Gasteiger partial charge >= 0.3 is 0 Å². The summed E-state index contributed by atoms with van der Waals surface area (Å²) in [4.78, 5) is 2.58. The van der Waals surface area contributed by atoms with Crippen molar-refractivity contribution in [1.82, 2.24) is 4.90 Å². The van der Waals surface area contributed by atoms with Gasteiger partial charge in [0.15, 0.2) is 0 Å². The summed E-state index contributed by atoms with van der Waals surface area (Å²) in [5.41, 5.74) is 0. The van der Waals surface area contributed by atoms with Crippen molar-refractivity contribution in [3.8, 4) is 0 Å². The van der Waals surface area contributed by atoms with Gasteiger partial charge in [-0.25, -0.2) is 0 Å². The fourth-order valence-corrected chi connectivity index (χ4v) is 6.91. The van der Waals surface area contributed by atoms with E-state index in [9.17, 15) is 0 Å². The second-order valence-corrected chi connectivity index (χ2v) is 11.9. The molecule has 0 N–H and O–H groups in total. The molecule has 0 bridgehead atoms. The molecule has 0 aromatic heterocycles. The van der Waals surface area contributed by atoms with Gasteiger partial charge in [-0.05, 0) is 37.0 Å². The smallest absolute Gasteiger partial charge is 0.0589 e. The molecule has 27 heavy (non-hydrogen) atoms. The average Bonchev–Trinajstić information content (AvgIpc) is 2.69. The van der Waals surface area contributed by atoms with Crippen molar-refractivity contribution in [3.63, 3.8) is 0 Å². The standard InChI is InChI=1S/C19H43NO5P2/c1-21-9-6-20(7-14-26(16-10-22-2)17-11-23-3)8-15-27(18-12-24-4)19-13-25-5/h6-19H2,1-5H3. The van der Waals surface area contributed by atoms with Crippen LogP contribution in [0, 0.1) is 0 Å². The first-order valence-electron chi connectivity index (χ1n) is 9.83. The highest BCUT2D eigenvalue weighted by atomic mass is 31.1. The minimum atomic E-state index is -0.0319. The first kappa shape index (κ1) is 27.6. The van der Waals surface area contributed by atoms with Crippen LogP contribution < -0.4 is 0 Å². The van der Waals surface area contributed by atoms with E-state index < -0.39 is 0 Å². The number of ether oxygens (including phenoxy) is 5. The van der Waals surface area contributed by atoms with Crippen molar-refractivity contribution in [2.45, 2.75) is 0 Å². The van der Waals surface area contributed by atoms with Gasteiger partial charge in [0.2, 0.25) is 0 Å². The monoisotopic (exact) mass is 427 g/mol. The van der Waals surface area contributed by atoms with Gasteiger partial charge in [0.05, 0.1) is 33.0 Å². The highest BCUT2D eigenvalue weighted by molar-refractivity contribution is 7.58. The molecule has 0 aliphatic rings. The Morgan fingerprint density at radius 3 is 1.07 bits per heavy atom. The second-order valence-electron chi connectivity index (χ2n) is 6.49. The number of nitrogens with zero attached hydrogens (tertiary/aromatic N) is 1. The second kappa shape index (κ2) is 21.3. The van der Waals surface area contributed by atoms with Gasteiger partial charge in [0, 0.05) is 55.2 Å². The van der Waals surface area contributed by atoms with Crippen LogP contribution in [0.25, 0.3) is 0 Å². The molecule has 0 radical (unpaired) electrons. The summed E-state index contributed by atoms with van der Waals surface area (Å²) >= 11 is 0. The van der Waals surface area contributed by atoms with E-state index in [-0.39, 0.29) is 15.8 Å². The van der Waals surface area contributed by atoms with E-state index in [4.69, 9.17) is 23.7 Å². The molecule has 0 aromatic carbocycles. The third-order valence-electron chi connectivity index (χ3n) is 4.52. The molecule has 0 heterocycles. The highest BCUT2D eigenvalue weighted by Crippen LogP contribution is 2.36. The Morgan fingerprint density at radius 2 is 0.778 bits per heavy atom. The quantitative estimate of drug-likeness (QED) is 0.262. The Labute approximate surface area is 170 Å². The third-order valence-corrected chi connectivity index (χ3v) is 9.45. The van der Waals surface area contributed by atoms with Crippen molar-refractivity contribution >= 4 is 15.8 Å².